The van der Waals surface area contributed by atoms with Crippen LogP contribution in [0.5, 0.6) is 11.5 Å². The Labute approximate surface area is 143 Å². The van der Waals surface area contributed by atoms with E-state index in [1.54, 1.807) is 0 Å². The maximum Gasteiger partial charge on any atom is 0.168 e. The minimum absolute atomic E-state index is 0.254. The predicted octanol–water partition coefficient (Wildman–Crippen LogP) is 3.94. The van der Waals surface area contributed by atoms with E-state index in [1.807, 2.05) is 18.2 Å². The number of hydrogen-bond acceptors (Lipinski definition) is 5. The number of unbranched alkanes of at least 4 members (excludes halogenated alkanes) is 1. The van der Waals surface area contributed by atoms with Crippen LogP contribution < -0.4 is 9.47 Å². The van der Waals surface area contributed by atoms with E-state index in [-0.39, 0.29) is 5.60 Å². The van der Waals surface area contributed by atoms with E-state index in [0.29, 0.717) is 19.8 Å². The Morgan fingerprint density at radius 3 is 2.75 bits per heavy atom. The first kappa shape index (κ1) is 17.1. The van der Waals surface area contributed by atoms with Crippen LogP contribution in [-0.2, 0) is 9.57 Å². The zero-order chi connectivity index (χ0) is 16.8. The Hall–Kier alpha value is -1.75. The normalized spacial score (nSPS) is 22.5. The lowest BCUT2D eigenvalue weighted by atomic mass is 9.93. The van der Waals surface area contributed by atoms with Crippen molar-refractivity contribution in [3.05, 3.63) is 23.8 Å². The van der Waals surface area contributed by atoms with Gasteiger partial charge in [-0.25, -0.2) is 0 Å². The molecule has 0 aromatic heterocycles. The molecule has 0 amide bonds. The van der Waals surface area contributed by atoms with Crippen LogP contribution in [0.2, 0.25) is 0 Å². The highest BCUT2D eigenvalue weighted by Gasteiger charge is 2.43. The van der Waals surface area contributed by atoms with Crippen LogP contribution in [0.15, 0.2) is 23.4 Å². The molecule has 1 fully saturated rings. The minimum Gasteiger partial charge on any atom is -0.490 e. The van der Waals surface area contributed by atoms with Crippen LogP contribution >= 0.6 is 0 Å². The van der Waals surface area contributed by atoms with Gasteiger partial charge in [-0.3, -0.25) is 0 Å². The molecule has 0 radical (unpaired) electrons. The minimum atomic E-state index is -0.254. The van der Waals surface area contributed by atoms with E-state index in [0.717, 1.165) is 61.5 Å². The number of rotatable bonds is 8. The van der Waals surface area contributed by atoms with Crippen molar-refractivity contribution >= 4 is 5.71 Å². The molecule has 5 nitrogen and oxygen atoms in total. The Morgan fingerprint density at radius 1 is 1.12 bits per heavy atom. The van der Waals surface area contributed by atoms with Crippen molar-refractivity contribution in [2.45, 2.75) is 51.6 Å². The number of hydrogen-bond donors (Lipinski definition) is 0. The van der Waals surface area contributed by atoms with E-state index in [4.69, 9.17) is 19.0 Å². The Kier molecular flexibility index (Phi) is 5.61. The van der Waals surface area contributed by atoms with Gasteiger partial charge in [0.15, 0.2) is 17.1 Å². The van der Waals surface area contributed by atoms with E-state index < -0.39 is 0 Å². The highest BCUT2D eigenvalue weighted by Crippen LogP contribution is 2.36. The fraction of sp³-hybridized carbons (Fsp3) is 0.632. The average Bonchev–Trinajstić information content (AvgIpc) is 3.24. The third-order valence-corrected chi connectivity index (χ3v) is 4.40. The molecule has 0 saturated carbocycles. The second-order valence-electron chi connectivity index (χ2n) is 6.50. The Balaban J connectivity index is 1.74. The number of ether oxygens (including phenoxy) is 3. The summed E-state index contributed by atoms with van der Waals surface area (Å²) >= 11 is 0. The summed E-state index contributed by atoms with van der Waals surface area (Å²) in [6, 6.07) is 6.04. The maximum absolute atomic E-state index is 5.95. The van der Waals surface area contributed by atoms with Gasteiger partial charge in [0.05, 0.1) is 32.1 Å². The topological polar surface area (TPSA) is 49.3 Å². The molecule has 2 aliphatic rings. The van der Waals surface area contributed by atoms with Gasteiger partial charge in [0.25, 0.3) is 0 Å². The smallest absolute Gasteiger partial charge is 0.168 e. The highest BCUT2D eigenvalue weighted by atomic mass is 16.7. The molecule has 24 heavy (non-hydrogen) atoms. The van der Waals surface area contributed by atoms with Gasteiger partial charge in [0, 0.05) is 18.4 Å². The number of benzene rings is 1. The molecule has 0 aliphatic carbocycles. The Bertz CT molecular complexity index is 579. The van der Waals surface area contributed by atoms with Gasteiger partial charge in [-0.05, 0) is 31.0 Å². The van der Waals surface area contributed by atoms with Gasteiger partial charge < -0.3 is 19.0 Å². The van der Waals surface area contributed by atoms with Gasteiger partial charge in [0.1, 0.15) is 0 Å². The van der Waals surface area contributed by atoms with Crippen molar-refractivity contribution in [2.75, 3.05) is 26.4 Å². The van der Waals surface area contributed by atoms with Crippen LogP contribution in [0, 0.1) is 0 Å². The van der Waals surface area contributed by atoms with Crippen LogP contribution in [0.1, 0.15) is 51.5 Å². The highest BCUT2D eigenvalue weighted by molar-refractivity contribution is 6.02. The SMILES string of the molecule is CCCCOc1cc(C2=NOC3(CCOC3)C2)ccc1OCCC. The van der Waals surface area contributed by atoms with Crippen LogP contribution in [-0.4, -0.2) is 37.7 Å². The first-order valence-electron chi connectivity index (χ1n) is 8.99. The monoisotopic (exact) mass is 333 g/mol. The summed E-state index contributed by atoms with van der Waals surface area (Å²) in [6.45, 7) is 7.01. The molecule has 1 saturated heterocycles. The standard InChI is InChI=1S/C19H27NO4/c1-3-5-10-23-18-12-15(6-7-17(18)22-9-4-2)16-13-19(24-20-16)8-11-21-14-19/h6-7,12H,3-5,8-11,13-14H2,1-2H3. The van der Waals surface area contributed by atoms with Crippen molar-refractivity contribution in [2.24, 2.45) is 5.16 Å². The zero-order valence-electron chi connectivity index (χ0n) is 14.7. The van der Waals surface area contributed by atoms with Crippen LogP contribution in [0.4, 0.5) is 0 Å². The third-order valence-electron chi connectivity index (χ3n) is 4.40. The van der Waals surface area contributed by atoms with Gasteiger partial charge in [-0.15, -0.1) is 0 Å². The molecule has 2 heterocycles. The summed E-state index contributed by atoms with van der Waals surface area (Å²) in [5.74, 6) is 1.59. The lowest BCUT2D eigenvalue weighted by Crippen LogP contribution is -2.29. The van der Waals surface area contributed by atoms with Gasteiger partial charge in [-0.1, -0.05) is 25.4 Å². The molecule has 132 valence electrons. The van der Waals surface area contributed by atoms with Crippen molar-refractivity contribution in [1.82, 2.24) is 0 Å². The first-order chi connectivity index (χ1) is 11.8. The van der Waals surface area contributed by atoms with Crippen LogP contribution in [0.25, 0.3) is 0 Å². The molecular weight excluding hydrogens is 306 g/mol. The summed E-state index contributed by atoms with van der Waals surface area (Å²) < 4.78 is 17.2. The van der Waals surface area contributed by atoms with E-state index >= 15 is 0 Å². The van der Waals surface area contributed by atoms with E-state index in [1.165, 1.54) is 0 Å². The Morgan fingerprint density at radius 2 is 2.00 bits per heavy atom. The quantitative estimate of drug-likeness (QED) is 0.676. The predicted molar refractivity (Wildman–Crippen MR) is 93.0 cm³/mol. The lowest BCUT2D eigenvalue weighted by Gasteiger charge is -2.17. The van der Waals surface area contributed by atoms with Crippen molar-refractivity contribution in [3.63, 3.8) is 0 Å². The van der Waals surface area contributed by atoms with Gasteiger partial charge in [0.2, 0.25) is 0 Å². The molecule has 1 aromatic carbocycles. The van der Waals surface area contributed by atoms with Crippen molar-refractivity contribution in [3.8, 4) is 11.5 Å². The second kappa shape index (κ2) is 7.88. The van der Waals surface area contributed by atoms with E-state index in [2.05, 4.69) is 19.0 Å². The fourth-order valence-electron chi connectivity index (χ4n) is 2.93. The average molecular weight is 333 g/mol. The molecule has 1 aromatic rings. The molecule has 5 heteroatoms. The van der Waals surface area contributed by atoms with Gasteiger partial charge >= 0.3 is 0 Å². The molecule has 1 unspecified atom stereocenters. The molecular formula is C19H27NO4. The summed E-state index contributed by atoms with van der Waals surface area (Å²) in [5.41, 5.74) is 1.74. The second-order valence-corrected chi connectivity index (χ2v) is 6.50. The maximum atomic E-state index is 5.95. The molecule has 2 aliphatic heterocycles. The number of nitrogens with zero attached hydrogens (tertiary/aromatic N) is 1. The van der Waals surface area contributed by atoms with Gasteiger partial charge in [-0.2, -0.15) is 0 Å². The fourth-order valence-corrected chi connectivity index (χ4v) is 2.93. The largest absolute Gasteiger partial charge is 0.490 e. The van der Waals surface area contributed by atoms with Crippen molar-refractivity contribution in [1.29, 1.82) is 0 Å². The molecule has 0 N–H and O–H groups in total. The van der Waals surface area contributed by atoms with Crippen LogP contribution in [0.3, 0.4) is 0 Å². The molecule has 3 rings (SSSR count). The molecule has 1 spiro atoms. The van der Waals surface area contributed by atoms with Crippen molar-refractivity contribution < 1.29 is 19.0 Å². The summed E-state index contributed by atoms with van der Waals surface area (Å²) in [6.07, 6.45) is 4.79. The molecule has 0 bridgehead atoms. The van der Waals surface area contributed by atoms with E-state index in [9.17, 15) is 0 Å². The summed E-state index contributed by atoms with van der Waals surface area (Å²) in [5, 5.41) is 4.31. The summed E-state index contributed by atoms with van der Waals surface area (Å²) in [7, 11) is 0. The first-order valence-corrected chi connectivity index (χ1v) is 8.99. The zero-order valence-corrected chi connectivity index (χ0v) is 14.7. The lowest BCUT2D eigenvalue weighted by molar-refractivity contribution is -0.0237. The third kappa shape index (κ3) is 3.83. The number of oxime groups is 1. The summed E-state index contributed by atoms with van der Waals surface area (Å²) in [4.78, 5) is 5.69. The molecule has 1 atom stereocenters.